The number of benzene rings is 1. The smallest absolute Gasteiger partial charge is 0.189 e. The van der Waals surface area contributed by atoms with E-state index in [9.17, 15) is 4.79 Å². The number of carbonyl (C=O) groups is 1. The molecule has 0 aliphatic carbocycles. The number of hydrogen-bond donors (Lipinski definition) is 0. The Labute approximate surface area is 142 Å². The van der Waals surface area contributed by atoms with E-state index in [1.807, 2.05) is 32.1 Å². The minimum atomic E-state index is -0.133. The van der Waals surface area contributed by atoms with Gasteiger partial charge >= 0.3 is 0 Å². The normalized spacial score (nSPS) is 10.5. The molecule has 0 amide bonds. The van der Waals surface area contributed by atoms with Gasteiger partial charge in [-0.25, -0.2) is 0 Å². The van der Waals surface area contributed by atoms with E-state index in [1.165, 1.54) is 18.8 Å². The largest absolute Gasteiger partial charge is 0.496 e. The Bertz CT molecular complexity index is 745. The summed E-state index contributed by atoms with van der Waals surface area (Å²) in [4.78, 5) is 16.4. The zero-order chi connectivity index (χ0) is 17.4. The molecule has 1 aromatic carbocycles. The molecule has 4 heteroatoms. The van der Waals surface area contributed by atoms with Gasteiger partial charge < -0.3 is 9.47 Å². The maximum absolute atomic E-state index is 12.4. The quantitative estimate of drug-likeness (QED) is 0.432. The number of allylic oxidation sites excluding steroid dienone is 2. The molecule has 0 N–H and O–H groups in total. The molecule has 2 rings (SSSR count). The summed E-state index contributed by atoms with van der Waals surface area (Å²) < 4.78 is 11.0. The summed E-state index contributed by atoms with van der Waals surface area (Å²) in [6.07, 6.45) is 8.62. The summed E-state index contributed by atoms with van der Waals surface area (Å²) >= 11 is 0. The van der Waals surface area contributed by atoms with Crippen LogP contribution >= 0.6 is 0 Å². The van der Waals surface area contributed by atoms with Crippen LogP contribution in [0.4, 0.5) is 0 Å². The lowest BCUT2D eigenvalue weighted by Gasteiger charge is -2.09. The van der Waals surface area contributed by atoms with Gasteiger partial charge in [-0.15, -0.1) is 0 Å². The van der Waals surface area contributed by atoms with Crippen LogP contribution in [-0.4, -0.2) is 24.5 Å². The maximum Gasteiger partial charge on any atom is 0.189 e. The van der Waals surface area contributed by atoms with Crippen molar-refractivity contribution < 1.29 is 14.3 Å². The van der Waals surface area contributed by atoms with Crippen molar-refractivity contribution in [3.63, 3.8) is 0 Å². The van der Waals surface area contributed by atoms with Crippen LogP contribution in [-0.2, 0) is 0 Å². The topological polar surface area (TPSA) is 48.4 Å². The summed E-state index contributed by atoms with van der Waals surface area (Å²) in [5.41, 5.74) is 2.55. The second-order valence-electron chi connectivity index (χ2n) is 5.44. The average Bonchev–Trinajstić information content (AvgIpc) is 2.60. The van der Waals surface area contributed by atoms with E-state index in [4.69, 9.17) is 9.47 Å². The van der Waals surface area contributed by atoms with Gasteiger partial charge in [-0.2, -0.15) is 0 Å². The summed E-state index contributed by atoms with van der Waals surface area (Å²) in [5, 5.41) is 0. The molecule has 1 heterocycles. The molecular weight excluding hydrogens is 302 g/mol. The molecule has 0 saturated heterocycles. The maximum atomic E-state index is 12.4. The number of aromatic nitrogens is 1. The third kappa shape index (κ3) is 5.09. The van der Waals surface area contributed by atoms with Crippen molar-refractivity contribution in [3.05, 3.63) is 71.6 Å². The first-order valence-corrected chi connectivity index (χ1v) is 7.67. The highest BCUT2D eigenvalue weighted by molar-refractivity contribution is 6.08. The Kier molecular flexibility index (Phi) is 6.32. The first kappa shape index (κ1) is 17.5. The number of ketones is 1. The lowest BCUT2D eigenvalue weighted by atomic mass is 10.1. The minimum Gasteiger partial charge on any atom is -0.496 e. The number of ether oxygens (including phenoxy) is 2. The molecule has 0 bridgehead atoms. The Balaban J connectivity index is 2.13. The second-order valence-corrected chi connectivity index (χ2v) is 5.44. The Morgan fingerprint density at radius 1 is 1.25 bits per heavy atom. The van der Waals surface area contributed by atoms with Gasteiger partial charge in [0.2, 0.25) is 0 Å². The van der Waals surface area contributed by atoms with Crippen LogP contribution in [0.1, 0.15) is 29.8 Å². The molecule has 0 fully saturated rings. The van der Waals surface area contributed by atoms with Crippen molar-refractivity contribution in [1.82, 2.24) is 4.98 Å². The standard InChI is InChI=1S/C20H21NO3/c1-15(2)10-12-24-17-7-8-18(20(13-17)23-3)19(22)9-6-16-5-4-11-21-14-16/h4-11,13-14H,12H2,1-3H3/b9-6+. The molecule has 1 aromatic heterocycles. The van der Waals surface area contributed by atoms with E-state index in [0.717, 1.165) is 5.56 Å². The van der Waals surface area contributed by atoms with E-state index in [-0.39, 0.29) is 5.78 Å². The van der Waals surface area contributed by atoms with E-state index < -0.39 is 0 Å². The highest BCUT2D eigenvalue weighted by Gasteiger charge is 2.11. The fraction of sp³-hybridized carbons (Fsp3) is 0.200. The van der Waals surface area contributed by atoms with Crippen LogP contribution in [0.5, 0.6) is 11.5 Å². The molecule has 0 saturated carbocycles. The molecule has 124 valence electrons. The van der Waals surface area contributed by atoms with Crippen molar-refractivity contribution in [2.75, 3.05) is 13.7 Å². The molecule has 0 unspecified atom stereocenters. The van der Waals surface area contributed by atoms with E-state index in [2.05, 4.69) is 4.98 Å². The molecule has 4 nitrogen and oxygen atoms in total. The van der Waals surface area contributed by atoms with Crippen LogP contribution in [0.25, 0.3) is 6.08 Å². The van der Waals surface area contributed by atoms with Gasteiger partial charge in [-0.3, -0.25) is 9.78 Å². The summed E-state index contributed by atoms with van der Waals surface area (Å²) in [7, 11) is 1.54. The Hall–Kier alpha value is -2.88. The highest BCUT2D eigenvalue weighted by Crippen LogP contribution is 2.25. The van der Waals surface area contributed by atoms with Gasteiger partial charge in [0.15, 0.2) is 5.78 Å². The summed E-state index contributed by atoms with van der Waals surface area (Å²) in [6, 6.07) is 8.92. The fourth-order valence-corrected chi connectivity index (χ4v) is 2.01. The molecule has 0 atom stereocenters. The van der Waals surface area contributed by atoms with Crippen LogP contribution in [0, 0.1) is 0 Å². The first-order chi connectivity index (χ1) is 11.6. The van der Waals surface area contributed by atoms with Gasteiger partial charge in [0.25, 0.3) is 0 Å². The number of rotatable bonds is 7. The number of hydrogen-bond acceptors (Lipinski definition) is 4. The number of pyridine rings is 1. The molecule has 0 radical (unpaired) electrons. The molecule has 0 aliphatic heterocycles. The predicted molar refractivity (Wildman–Crippen MR) is 95.5 cm³/mol. The van der Waals surface area contributed by atoms with Gasteiger partial charge in [0.05, 0.1) is 12.7 Å². The first-order valence-electron chi connectivity index (χ1n) is 7.67. The monoisotopic (exact) mass is 323 g/mol. The minimum absolute atomic E-state index is 0.133. The predicted octanol–water partition coefficient (Wildman–Crippen LogP) is 4.33. The van der Waals surface area contributed by atoms with Crippen molar-refractivity contribution in [2.45, 2.75) is 13.8 Å². The fourth-order valence-electron chi connectivity index (χ4n) is 2.01. The van der Waals surface area contributed by atoms with E-state index in [1.54, 1.807) is 36.7 Å². The van der Waals surface area contributed by atoms with Crippen molar-refractivity contribution in [2.24, 2.45) is 0 Å². The lowest BCUT2D eigenvalue weighted by Crippen LogP contribution is -2.01. The summed E-state index contributed by atoms with van der Waals surface area (Å²) in [6.45, 7) is 4.51. The van der Waals surface area contributed by atoms with Gasteiger partial charge in [0.1, 0.15) is 18.1 Å². The van der Waals surface area contributed by atoms with Gasteiger partial charge in [0, 0.05) is 18.5 Å². The van der Waals surface area contributed by atoms with Crippen LogP contribution < -0.4 is 9.47 Å². The lowest BCUT2D eigenvalue weighted by molar-refractivity contribution is 0.104. The van der Waals surface area contributed by atoms with E-state index >= 15 is 0 Å². The Morgan fingerprint density at radius 2 is 2.08 bits per heavy atom. The zero-order valence-electron chi connectivity index (χ0n) is 14.2. The molecular formula is C20H21NO3. The zero-order valence-corrected chi connectivity index (χ0v) is 14.2. The van der Waals surface area contributed by atoms with Crippen LogP contribution in [0.2, 0.25) is 0 Å². The van der Waals surface area contributed by atoms with Crippen molar-refractivity contribution >= 4 is 11.9 Å². The summed E-state index contributed by atoms with van der Waals surface area (Å²) in [5.74, 6) is 1.02. The van der Waals surface area contributed by atoms with Crippen molar-refractivity contribution in [1.29, 1.82) is 0 Å². The molecule has 2 aromatic rings. The van der Waals surface area contributed by atoms with Gasteiger partial charge in [-0.1, -0.05) is 11.6 Å². The molecule has 24 heavy (non-hydrogen) atoms. The van der Waals surface area contributed by atoms with Crippen LogP contribution in [0.3, 0.4) is 0 Å². The van der Waals surface area contributed by atoms with Gasteiger partial charge in [-0.05, 0) is 55.8 Å². The number of carbonyl (C=O) groups excluding carboxylic acids is 1. The second kappa shape index (κ2) is 8.67. The molecule has 0 aliphatic rings. The third-order valence-corrected chi connectivity index (χ3v) is 3.29. The SMILES string of the molecule is COc1cc(OCC=C(C)C)ccc1C(=O)/C=C/c1cccnc1. The average molecular weight is 323 g/mol. The van der Waals surface area contributed by atoms with Crippen LogP contribution in [0.15, 0.2) is 60.5 Å². The third-order valence-electron chi connectivity index (χ3n) is 3.29. The van der Waals surface area contributed by atoms with E-state index in [0.29, 0.717) is 23.7 Å². The number of nitrogens with zero attached hydrogens (tertiary/aromatic N) is 1. The number of methoxy groups -OCH3 is 1. The highest BCUT2D eigenvalue weighted by atomic mass is 16.5. The molecule has 0 spiro atoms. The Morgan fingerprint density at radius 3 is 2.75 bits per heavy atom. The van der Waals surface area contributed by atoms with Crippen molar-refractivity contribution in [3.8, 4) is 11.5 Å².